The van der Waals surface area contributed by atoms with Gasteiger partial charge in [0.1, 0.15) is 6.10 Å². The van der Waals surface area contributed by atoms with Gasteiger partial charge in [0.15, 0.2) is 23.8 Å². The van der Waals surface area contributed by atoms with Crippen molar-refractivity contribution in [2.75, 3.05) is 0 Å². The molecule has 8 aliphatic heterocycles. The van der Waals surface area contributed by atoms with Gasteiger partial charge in [-0.2, -0.15) is 0 Å². The van der Waals surface area contributed by atoms with Gasteiger partial charge in [-0.3, -0.25) is 9.74 Å². The zero-order valence-electron chi connectivity index (χ0n) is 34.3. The van der Waals surface area contributed by atoms with E-state index in [-0.39, 0.29) is 41.6 Å². The maximum atomic E-state index is 14.0. The molecule has 0 unspecified atom stereocenters. The van der Waals surface area contributed by atoms with E-state index in [4.69, 9.17) is 48.5 Å². The molecule has 53 heavy (non-hydrogen) atoms. The van der Waals surface area contributed by atoms with Gasteiger partial charge in [-0.25, -0.2) is 24.3 Å². The Morgan fingerprint density at radius 3 is 1.68 bits per heavy atom. The van der Waals surface area contributed by atoms with E-state index in [9.17, 15) is 4.79 Å². The molecule has 10 rings (SSSR count). The Labute approximate surface area is 316 Å². The number of ether oxygens (including phenoxy) is 4. The Kier molecular flexibility index (Phi) is 9.31. The normalized spacial score (nSPS) is 50.8. The van der Waals surface area contributed by atoms with Crippen molar-refractivity contribution in [1.29, 1.82) is 0 Å². The van der Waals surface area contributed by atoms with Crippen LogP contribution in [0.3, 0.4) is 0 Å². The summed E-state index contributed by atoms with van der Waals surface area (Å²) in [6.07, 6.45) is 5.32. The lowest BCUT2D eigenvalue weighted by molar-refractivity contribution is -0.571. The third-order valence-corrected chi connectivity index (χ3v) is 15.0. The van der Waals surface area contributed by atoms with Crippen molar-refractivity contribution in [3.8, 4) is 0 Å². The summed E-state index contributed by atoms with van der Waals surface area (Å²) in [5, 5.41) is 4.80. The van der Waals surface area contributed by atoms with Crippen LogP contribution in [0.2, 0.25) is 0 Å². The van der Waals surface area contributed by atoms with Crippen LogP contribution in [-0.4, -0.2) is 75.3 Å². The SMILES string of the molecule is C[C@H]1[C@@H](/C(C[C@H]2O[C@@H]3O[C@]4(C)CC[C@H]5[C@H](C)CC[C@@H]([C@H]2C)[C@@]35OO4)=N\OC(=O)N(C(C)(C)C)C(C)(C)C)O[C@@H]2O[C@]3(C)CC[C@H]4[C@H](C)CC[C@@H]1[C@@]24OO3. The molecule has 10 fully saturated rings. The zero-order chi connectivity index (χ0) is 38.1. The smallest absolute Gasteiger partial charge is 0.345 e. The van der Waals surface area contributed by atoms with E-state index in [1.807, 2.05) is 55.4 Å². The number of oxime groups is 1. The molecule has 2 spiro atoms. The fourth-order valence-electron chi connectivity index (χ4n) is 12.6. The average Bonchev–Trinajstić information content (AvgIpc) is 3.43. The molecular formula is C41H66N2O10. The highest BCUT2D eigenvalue weighted by Gasteiger charge is 2.71. The standard InChI is InChI=1S/C41H66N2O10/c1-22-13-15-28-24(3)31(45-33-40(28)26(22)17-19-38(11,47-33)50-52-40)21-30(42-49-35(44)43(36(5,6)7)37(8,9)10)32-25(4)29-16-14-23(2)27-18-20-39(12)48-34(46-32)41(27,29)53-51-39/h22-29,31-34H,13-21H2,1-12H3/b42-30-/t22-,23-,24-,25-,26+,27+,28+,29+,31-,32+,33-,34-,38+,39+,40-,41-/m1/s1. The van der Waals surface area contributed by atoms with Gasteiger partial charge in [0, 0.05) is 42.2 Å². The Balaban J connectivity index is 1.16. The molecule has 8 heterocycles. The Morgan fingerprint density at radius 2 is 1.17 bits per heavy atom. The summed E-state index contributed by atoms with van der Waals surface area (Å²) in [6, 6.07) is 0. The van der Waals surface area contributed by atoms with Gasteiger partial charge in [-0.15, -0.1) is 0 Å². The number of amides is 1. The fraction of sp³-hybridized carbons (Fsp3) is 0.951. The molecule has 4 bridgehead atoms. The lowest BCUT2D eigenvalue weighted by Crippen LogP contribution is -2.71. The summed E-state index contributed by atoms with van der Waals surface area (Å²) in [5.41, 5.74) is -1.78. The van der Waals surface area contributed by atoms with Crippen LogP contribution in [0.15, 0.2) is 5.16 Å². The maximum absolute atomic E-state index is 14.0. The number of rotatable bonds is 4. The first-order chi connectivity index (χ1) is 24.7. The van der Waals surface area contributed by atoms with Crippen molar-refractivity contribution in [2.24, 2.45) is 52.5 Å². The first-order valence-electron chi connectivity index (χ1n) is 20.7. The van der Waals surface area contributed by atoms with E-state index < -0.39 is 58.6 Å². The summed E-state index contributed by atoms with van der Waals surface area (Å²) >= 11 is 0. The Bertz CT molecular complexity index is 1450. The van der Waals surface area contributed by atoms with Crippen LogP contribution in [-0.2, 0) is 43.3 Å². The van der Waals surface area contributed by atoms with Gasteiger partial charge >= 0.3 is 6.09 Å². The number of hydrogen-bond donors (Lipinski definition) is 0. The molecule has 1 amide bonds. The molecule has 2 saturated carbocycles. The average molecular weight is 747 g/mol. The fourth-order valence-corrected chi connectivity index (χ4v) is 12.6. The summed E-state index contributed by atoms with van der Waals surface area (Å²) in [5.74, 6) is -0.126. The number of fused-ring (bicyclic) bond motifs is 4. The summed E-state index contributed by atoms with van der Waals surface area (Å²) in [4.78, 5) is 46.9. The van der Waals surface area contributed by atoms with E-state index in [0.29, 0.717) is 24.0 Å². The van der Waals surface area contributed by atoms with Crippen molar-refractivity contribution in [3.05, 3.63) is 0 Å². The molecule has 10 aliphatic rings. The minimum absolute atomic E-state index is 0.0411. The molecule has 0 aromatic heterocycles. The molecule has 0 aromatic carbocycles. The summed E-state index contributed by atoms with van der Waals surface area (Å²) in [7, 11) is 0. The monoisotopic (exact) mass is 746 g/mol. The van der Waals surface area contributed by atoms with Crippen molar-refractivity contribution >= 4 is 11.8 Å². The highest BCUT2D eigenvalue weighted by Crippen LogP contribution is 2.63. The van der Waals surface area contributed by atoms with Crippen LogP contribution in [0.25, 0.3) is 0 Å². The lowest BCUT2D eigenvalue weighted by atomic mass is 9.56. The van der Waals surface area contributed by atoms with Crippen LogP contribution in [0.4, 0.5) is 4.79 Å². The van der Waals surface area contributed by atoms with Gasteiger partial charge in [0.25, 0.3) is 0 Å². The highest BCUT2D eigenvalue weighted by atomic mass is 17.3. The van der Waals surface area contributed by atoms with E-state index in [1.165, 1.54) is 0 Å². The number of carbonyl (C=O) groups excluding carboxylic acids is 1. The molecule has 2 aliphatic carbocycles. The molecule has 0 aromatic rings. The molecule has 0 N–H and O–H groups in total. The van der Waals surface area contributed by atoms with Gasteiger partial charge < -0.3 is 18.9 Å². The second-order valence-electron chi connectivity index (χ2n) is 20.6. The van der Waals surface area contributed by atoms with Crippen molar-refractivity contribution in [3.63, 3.8) is 0 Å². The predicted molar refractivity (Wildman–Crippen MR) is 194 cm³/mol. The Hall–Kier alpha value is -1.38. The predicted octanol–water partition coefficient (Wildman–Crippen LogP) is 8.27. The molecule has 12 nitrogen and oxygen atoms in total. The molecule has 16 atom stereocenters. The van der Waals surface area contributed by atoms with Crippen LogP contribution >= 0.6 is 0 Å². The molecule has 300 valence electrons. The van der Waals surface area contributed by atoms with Crippen molar-refractivity contribution < 1.29 is 48.1 Å². The third-order valence-electron chi connectivity index (χ3n) is 15.0. The second kappa shape index (κ2) is 12.8. The first-order valence-corrected chi connectivity index (χ1v) is 20.7. The summed E-state index contributed by atoms with van der Waals surface area (Å²) < 4.78 is 27.6. The molecule has 8 saturated heterocycles. The minimum atomic E-state index is -0.912. The topological polar surface area (TPSA) is 116 Å². The van der Waals surface area contributed by atoms with E-state index in [2.05, 4.69) is 27.7 Å². The lowest BCUT2D eigenvalue weighted by Gasteiger charge is -2.61. The van der Waals surface area contributed by atoms with Crippen LogP contribution < -0.4 is 0 Å². The van der Waals surface area contributed by atoms with Crippen LogP contribution in [0.5, 0.6) is 0 Å². The third kappa shape index (κ3) is 5.97. The van der Waals surface area contributed by atoms with Crippen LogP contribution in [0, 0.1) is 47.3 Å². The number of hydrogen-bond acceptors (Lipinski definition) is 11. The quantitative estimate of drug-likeness (QED) is 0.121. The molecule has 12 heteroatoms. The van der Waals surface area contributed by atoms with Gasteiger partial charge in [-0.1, -0.05) is 32.9 Å². The summed E-state index contributed by atoms with van der Waals surface area (Å²) in [6.45, 7) is 25.1. The van der Waals surface area contributed by atoms with Gasteiger partial charge in [0.05, 0.1) is 11.8 Å². The van der Waals surface area contributed by atoms with E-state index >= 15 is 0 Å². The largest absolute Gasteiger partial charge is 0.436 e. The van der Waals surface area contributed by atoms with E-state index in [0.717, 1.165) is 51.4 Å². The van der Waals surface area contributed by atoms with Gasteiger partial charge in [-0.05, 0) is 129 Å². The Morgan fingerprint density at radius 1 is 0.679 bits per heavy atom. The number of carbonyl (C=O) groups is 1. The van der Waals surface area contributed by atoms with Crippen molar-refractivity contribution in [1.82, 2.24) is 4.90 Å². The number of nitrogens with zero attached hydrogens (tertiary/aromatic N) is 2. The van der Waals surface area contributed by atoms with E-state index in [1.54, 1.807) is 4.90 Å². The zero-order valence-corrected chi connectivity index (χ0v) is 34.3. The highest BCUT2D eigenvalue weighted by molar-refractivity contribution is 5.90. The van der Waals surface area contributed by atoms with Crippen LogP contribution in [0.1, 0.15) is 141 Å². The van der Waals surface area contributed by atoms with Crippen molar-refractivity contribution in [2.45, 2.75) is 200 Å². The van der Waals surface area contributed by atoms with Gasteiger partial charge in [0.2, 0.25) is 11.6 Å². The first kappa shape index (κ1) is 38.5. The maximum Gasteiger partial charge on any atom is 0.436 e. The second-order valence-corrected chi connectivity index (χ2v) is 20.6. The molecular weight excluding hydrogens is 680 g/mol. The molecule has 0 radical (unpaired) electrons. The minimum Gasteiger partial charge on any atom is -0.345 e.